The lowest BCUT2D eigenvalue weighted by Gasteiger charge is -2.38. The fraction of sp³-hybridized carbons (Fsp3) is 0.333. The summed E-state index contributed by atoms with van der Waals surface area (Å²) in [6, 6.07) is 12.8. The van der Waals surface area contributed by atoms with Gasteiger partial charge in [0.25, 0.3) is 5.91 Å². The molecule has 140 valence electrons. The van der Waals surface area contributed by atoms with Crippen LogP contribution in [0.15, 0.2) is 42.5 Å². The van der Waals surface area contributed by atoms with Gasteiger partial charge in [-0.25, -0.2) is 4.79 Å². The normalized spacial score (nSPS) is 17.4. The van der Waals surface area contributed by atoms with E-state index in [1.807, 2.05) is 18.2 Å². The Morgan fingerprint density at radius 2 is 1.78 bits per heavy atom. The van der Waals surface area contributed by atoms with Crippen LogP contribution in [0.4, 0.5) is 0 Å². The predicted octanol–water partition coefficient (Wildman–Crippen LogP) is 3.01. The van der Waals surface area contributed by atoms with Crippen LogP contribution < -0.4 is 9.47 Å². The molecule has 2 aromatic carbocycles. The summed E-state index contributed by atoms with van der Waals surface area (Å²) in [7, 11) is 3.07. The number of amides is 1. The van der Waals surface area contributed by atoms with E-state index in [0.717, 1.165) is 5.56 Å². The first-order valence-corrected chi connectivity index (χ1v) is 8.93. The number of para-hydroxylation sites is 1. The van der Waals surface area contributed by atoms with Gasteiger partial charge in [-0.2, -0.15) is 0 Å². The maximum Gasteiger partial charge on any atom is 0.339 e. The van der Waals surface area contributed by atoms with E-state index in [0.29, 0.717) is 48.6 Å². The van der Waals surface area contributed by atoms with Crippen molar-refractivity contribution in [1.82, 2.24) is 4.90 Å². The molecule has 1 fully saturated rings. The van der Waals surface area contributed by atoms with E-state index in [1.165, 1.54) is 7.11 Å². The van der Waals surface area contributed by atoms with Crippen molar-refractivity contribution in [3.8, 4) is 11.5 Å². The Morgan fingerprint density at radius 3 is 2.48 bits per heavy atom. The molecule has 1 saturated heterocycles. The van der Waals surface area contributed by atoms with Gasteiger partial charge >= 0.3 is 5.97 Å². The smallest absolute Gasteiger partial charge is 0.339 e. The third kappa shape index (κ3) is 2.72. The Hall–Kier alpha value is -3.02. The van der Waals surface area contributed by atoms with Crippen molar-refractivity contribution in [3.63, 3.8) is 0 Å². The number of nitrogens with zero attached hydrogens (tertiary/aromatic N) is 1. The quantitative estimate of drug-likeness (QED) is 0.781. The zero-order valence-electron chi connectivity index (χ0n) is 15.4. The molecule has 2 aliphatic rings. The van der Waals surface area contributed by atoms with Gasteiger partial charge in [-0.1, -0.05) is 24.3 Å². The summed E-state index contributed by atoms with van der Waals surface area (Å²) in [6.07, 6.45) is 1.15. The van der Waals surface area contributed by atoms with E-state index >= 15 is 0 Å². The second-order valence-electron chi connectivity index (χ2n) is 6.76. The van der Waals surface area contributed by atoms with Gasteiger partial charge in [0.05, 0.1) is 25.3 Å². The topological polar surface area (TPSA) is 65.1 Å². The monoisotopic (exact) mass is 367 g/mol. The first kappa shape index (κ1) is 17.4. The molecule has 1 spiro atoms. The third-order valence-corrected chi connectivity index (χ3v) is 5.42. The van der Waals surface area contributed by atoms with Crippen LogP contribution in [0.2, 0.25) is 0 Å². The molecule has 0 N–H and O–H groups in total. The van der Waals surface area contributed by atoms with Crippen molar-refractivity contribution < 1.29 is 23.8 Å². The van der Waals surface area contributed by atoms with Crippen LogP contribution in [0.5, 0.6) is 11.5 Å². The highest BCUT2D eigenvalue weighted by Gasteiger charge is 2.47. The highest BCUT2D eigenvalue weighted by Crippen LogP contribution is 2.44. The van der Waals surface area contributed by atoms with Crippen molar-refractivity contribution in [2.24, 2.45) is 0 Å². The molecule has 6 nitrogen and oxygen atoms in total. The molecule has 4 rings (SSSR count). The van der Waals surface area contributed by atoms with E-state index in [-0.39, 0.29) is 11.9 Å². The fourth-order valence-electron chi connectivity index (χ4n) is 4.01. The molecule has 2 heterocycles. The largest absolute Gasteiger partial charge is 0.493 e. The van der Waals surface area contributed by atoms with Gasteiger partial charge < -0.3 is 19.1 Å². The second kappa shape index (κ2) is 6.61. The lowest BCUT2D eigenvalue weighted by Crippen LogP contribution is -2.45. The van der Waals surface area contributed by atoms with Gasteiger partial charge in [-0.05, 0) is 18.2 Å². The Labute approximate surface area is 157 Å². The van der Waals surface area contributed by atoms with Crippen LogP contribution in [0.25, 0.3) is 0 Å². The summed E-state index contributed by atoms with van der Waals surface area (Å²) in [5.41, 5.74) is 1.41. The number of likely N-dealkylation sites (tertiary alicyclic amines) is 1. The Morgan fingerprint density at radius 1 is 1.04 bits per heavy atom. The molecule has 0 bridgehead atoms. The number of fused-ring (bicyclic) bond motifs is 2. The average molecular weight is 367 g/mol. The van der Waals surface area contributed by atoms with Crippen LogP contribution in [0, 0.1) is 0 Å². The maximum absolute atomic E-state index is 13.0. The lowest BCUT2D eigenvalue weighted by atomic mass is 9.83. The number of piperidine rings is 1. The molecule has 0 radical (unpaired) electrons. The van der Waals surface area contributed by atoms with Gasteiger partial charge in [0.2, 0.25) is 0 Å². The number of carbonyl (C=O) groups is 2. The fourth-order valence-corrected chi connectivity index (χ4v) is 4.01. The SMILES string of the molecule is COc1cccc(C(=O)N2CCC3(CC2)OC(=O)c2ccccc23)c1OC. The summed E-state index contributed by atoms with van der Waals surface area (Å²) in [5.74, 6) is 0.566. The number of benzene rings is 2. The summed E-state index contributed by atoms with van der Waals surface area (Å²) < 4.78 is 16.4. The van der Waals surface area contributed by atoms with Gasteiger partial charge in [0, 0.05) is 31.5 Å². The van der Waals surface area contributed by atoms with Gasteiger partial charge in [0.15, 0.2) is 11.5 Å². The summed E-state index contributed by atoms with van der Waals surface area (Å²) in [4.78, 5) is 27.0. The second-order valence-corrected chi connectivity index (χ2v) is 6.76. The Kier molecular flexibility index (Phi) is 4.26. The van der Waals surface area contributed by atoms with E-state index in [4.69, 9.17) is 14.2 Å². The van der Waals surface area contributed by atoms with Crippen LogP contribution in [0.1, 0.15) is 39.1 Å². The summed E-state index contributed by atoms with van der Waals surface area (Å²) >= 11 is 0. The van der Waals surface area contributed by atoms with Gasteiger partial charge in [-0.3, -0.25) is 4.79 Å². The zero-order chi connectivity index (χ0) is 19.0. The molecular weight excluding hydrogens is 346 g/mol. The van der Waals surface area contributed by atoms with Crippen molar-refractivity contribution in [2.45, 2.75) is 18.4 Å². The highest BCUT2D eigenvalue weighted by atomic mass is 16.6. The van der Waals surface area contributed by atoms with Crippen LogP contribution in [-0.2, 0) is 10.3 Å². The molecular formula is C21H21NO5. The minimum absolute atomic E-state index is 0.113. The number of esters is 1. The maximum atomic E-state index is 13.0. The number of hydrogen-bond donors (Lipinski definition) is 0. The van der Waals surface area contributed by atoms with Crippen molar-refractivity contribution in [3.05, 3.63) is 59.2 Å². The molecule has 1 amide bonds. The van der Waals surface area contributed by atoms with Crippen molar-refractivity contribution >= 4 is 11.9 Å². The minimum atomic E-state index is -0.622. The lowest BCUT2D eigenvalue weighted by molar-refractivity contribution is -0.0389. The summed E-state index contributed by atoms with van der Waals surface area (Å²) in [6.45, 7) is 1.00. The first-order chi connectivity index (χ1) is 13.1. The van der Waals surface area contributed by atoms with Crippen molar-refractivity contribution in [2.75, 3.05) is 27.3 Å². The predicted molar refractivity (Wildman–Crippen MR) is 98.2 cm³/mol. The van der Waals surface area contributed by atoms with Gasteiger partial charge in [0.1, 0.15) is 5.60 Å². The Balaban J connectivity index is 1.56. The molecule has 2 aromatic rings. The number of carbonyl (C=O) groups excluding carboxylic acids is 2. The van der Waals surface area contributed by atoms with Crippen LogP contribution in [-0.4, -0.2) is 44.1 Å². The number of rotatable bonds is 3. The molecule has 0 aliphatic carbocycles. The van der Waals surface area contributed by atoms with Crippen LogP contribution in [0.3, 0.4) is 0 Å². The highest BCUT2D eigenvalue weighted by molar-refractivity contribution is 5.98. The number of hydrogen-bond acceptors (Lipinski definition) is 5. The van der Waals surface area contributed by atoms with Crippen LogP contribution >= 0.6 is 0 Å². The van der Waals surface area contributed by atoms with E-state index in [9.17, 15) is 9.59 Å². The molecule has 6 heteroatoms. The van der Waals surface area contributed by atoms with E-state index in [1.54, 1.807) is 36.3 Å². The van der Waals surface area contributed by atoms with E-state index in [2.05, 4.69) is 0 Å². The molecule has 0 aromatic heterocycles. The first-order valence-electron chi connectivity index (χ1n) is 8.93. The Bertz CT molecular complexity index is 899. The summed E-state index contributed by atoms with van der Waals surface area (Å²) in [5, 5.41) is 0. The molecule has 0 atom stereocenters. The molecule has 0 saturated carbocycles. The standard InChI is InChI=1S/C21H21NO5/c1-25-17-9-5-7-15(18(17)26-2)19(23)22-12-10-21(11-13-22)16-8-4-3-6-14(16)20(24)27-21/h3-9H,10-13H2,1-2H3. The number of ether oxygens (including phenoxy) is 3. The van der Waals surface area contributed by atoms with Gasteiger partial charge in [-0.15, -0.1) is 0 Å². The third-order valence-electron chi connectivity index (χ3n) is 5.42. The van der Waals surface area contributed by atoms with Crippen molar-refractivity contribution in [1.29, 1.82) is 0 Å². The average Bonchev–Trinajstić information content (AvgIpc) is 2.99. The zero-order valence-corrected chi connectivity index (χ0v) is 15.4. The number of methoxy groups -OCH3 is 2. The van der Waals surface area contributed by atoms with E-state index < -0.39 is 5.60 Å². The molecule has 0 unspecified atom stereocenters. The minimum Gasteiger partial charge on any atom is -0.493 e. The molecule has 2 aliphatic heterocycles. The molecule has 27 heavy (non-hydrogen) atoms.